The molecule has 0 radical (unpaired) electrons. The predicted molar refractivity (Wildman–Crippen MR) is 64.7 cm³/mol. The van der Waals surface area contributed by atoms with Gasteiger partial charge in [-0.3, -0.25) is 0 Å². The maximum absolute atomic E-state index is 9.21. The summed E-state index contributed by atoms with van der Waals surface area (Å²) >= 11 is 0. The molecule has 1 rings (SSSR count). The van der Waals surface area contributed by atoms with Gasteiger partial charge in [-0.05, 0) is 0 Å². The first-order valence-corrected chi connectivity index (χ1v) is 5.38. The third-order valence-corrected chi connectivity index (χ3v) is 2.29. The molecule has 0 bridgehead atoms. The largest absolute Gasteiger partial charge is 0.493 e. The summed E-state index contributed by atoms with van der Waals surface area (Å²) in [7, 11) is 4.52. The maximum atomic E-state index is 9.21. The lowest BCUT2D eigenvalue weighted by Gasteiger charge is -2.15. The van der Waals surface area contributed by atoms with Crippen molar-refractivity contribution in [1.82, 2.24) is 0 Å². The Labute approximate surface area is 106 Å². The van der Waals surface area contributed by atoms with Gasteiger partial charge in [-0.2, -0.15) is 0 Å². The Kier molecular flexibility index (Phi) is 5.54. The van der Waals surface area contributed by atoms with Crippen molar-refractivity contribution >= 4 is 0 Å². The number of aliphatic hydroxyl groups excluding tert-OH is 2. The third-order valence-electron chi connectivity index (χ3n) is 2.29. The molecule has 0 aliphatic rings. The topological polar surface area (TPSA) is 77.4 Å². The van der Waals surface area contributed by atoms with E-state index in [9.17, 15) is 5.11 Å². The molecular formula is C12H18O6. The van der Waals surface area contributed by atoms with E-state index in [1.807, 2.05) is 0 Å². The van der Waals surface area contributed by atoms with E-state index in [4.69, 9.17) is 24.1 Å². The number of methoxy groups -OCH3 is 3. The molecule has 1 atom stereocenters. The molecule has 0 saturated heterocycles. The van der Waals surface area contributed by atoms with Crippen molar-refractivity contribution in [2.45, 2.75) is 6.10 Å². The van der Waals surface area contributed by atoms with Crippen LogP contribution < -0.4 is 18.9 Å². The van der Waals surface area contributed by atoms with Crippen LogP contribution in [-0.2, 0) is 0 Å². The molecule has 0 amide bonds. The first-order valence-electron chi connectivity index (χ1n) is 5.38. The van der Waals surface area contributed by atoms with Crippen LogP contribution >= 0.6 is 0 Å². The SMILES string of the molecule is COc1cc(OCC(O)CO)cc(OC)c1OC. The summed E-state index contributed by atoms with van der Waals surface area (Å²) in [6.07, 6.45) is -0.927. The van der Waals surface area contributed by atoms with E-state index in [0.717, 1.165) is 0 Å². The van der Waals surface area contributed by atoms with E-state index in [1.165, 1.54) is 21.3 Å². The Morgan fingerprint density at radius 1 is 1.06 bits per heavy atom. The Bertz CT molecular complexity index is 354. The van der Waals surface area contributed by atoms with Gasteiger partial charge in [-0.25, -0.2) is 0 Å². The van der Waals surface area contributed by atoms with Crippen LogP contribution in [0, 0.1) is 0 Å². The second kappa shape index (κ2) is 6.93. The van der Waals surface area contributed by atoms with Gasteiger partial charge in [-0.1, -0.05) is 0 Å². The lowest BCUT2D eigenvalue weighted by atomic mass is 10.2. The number of hydrogen-bond acceptors (Lipinski definition) is 6. The van der Waals surface area contributed by atoms with Crippen molar-refractivity contribution in [3.63, 3.8) is 0 Å². The Balaban J connectivity index is 2.93. The molecular weight excluding hydrogens is 240 g/mol. The molecule has 6 nitrogen and oxygen atoms in total. The molecule has 0 heterocycles. The highest BCUT2D eigenvalue weighted by molar-refractivity contribution is 5.55. The van der Waals surface area contributed by atoms with Crippen LogP contribution in [-0.4, -0.2) is 50.9 Å². The minimum Gasteiger partial charge on any atom is -0.493 e. The lowest BCUT2D eigenvalue weighted by molar-refractivity contribution is 0.0534. The van der Waals surface area contributed by atoms with Crippen LogP contribution in [0.2, 0.25) is 0 Å². The van der Waals surface area contributed by atoms with Gasteiger partial charge in [0.1, 0.15) is 18.5 Å². The van der Waals surface area contributed by atoms with E-state index >= 15 is 0 Å². The van der Waals surface area contributed by atoms with Crippen LogP contribution in [0.3, 0.4) is 0 Å². The summed E-state index contributed by atoms with van der Waals surface area (Å²) in [5.41, 5.74) is 0. The maximum Gasteiger partial charge on any atom is 0.203 e. The molecule has 1 unspecified atom stereocenters. The highest BCUT2D eigenvalue weighted by atomic mass is 16.5. The van der Waals surface area contributed by atoms with E-state index < -0.39 is 6.10 Å². The number of ether oxygens (including phenoxy) is 4. The minimum absolute atomic E-state index is 0.0187. The second-order valence-electron chi connectivity index (χ2n) is 3.51. The van der Waals surface area contributed by atoms with Crippen molar-refractivity contribution in [3.8, 4) is 23.0 Å². The zero-order valence-electron chi connectivity index (χ0n) is 10.7. The number of aliphatic hydroxyl groups is 2. The molecule has 6 heteroatoms. The fourth-order valence-corrected chi connectivity index (χ4v) is 1.39. The van der Waals surface area contributed by atoms with Crippen LogP contribution in [0.25, 0.3) is 0 Å². The average molecular weight is 258 g/mol. The average Bonchev–Trinajstić information content (AvgIpc) is 2.43. The molecule has 0 saturated carbocycles. The van der Waals surface area contributed by atoms with E-state index in [-0.39, 0.29) is 13.2 Å². The van der Waals surface area contributed by atoms with Gasteiger partial charge in [-0.15, -0.1) is 0 Å². The van der Waals surface area contributed by atoms with Gasteiger partial charge in [0.15, 0.2) is 11.5 Å². The molecule has 102 valence electrons. The Hall–Kier alpha value is -1.66. The first kappa shape index (κ1) is 14.4. The normalized spacial score (nSPS) is 11.8. The lowest BCUT2D eigenvalue weighted by Crippen LogP contribution is -2.21. The molecule has 2 N–H and O–H groups in total. The monoisotopic (exact) mass is 258 g/mol. The quantitative estimate of drug-likeness (QED) is 0.739. The minimum atomic E-state index is -0.927. The van der Waals surface area contributed by atoms with E-state index in [1.54, 1.807) is 12.1 Å². The molecule has 0 spiro atoms. The summed E-state index contributed by atoms with van der Waals surface area (Å²) in [5, 5.41) is 17.9. The Morgan fingerprint density at radius 2 is 1.61 bits per heavy atom. The fraction of sp³-hybridized carbons (Fsp3) is 0.500. The summed E-state index contributed by atoms with van der Waals surface area (Å²) in [5.74, 6) is 1.85. The number of benzene rings is 1. The number of hydrogen-bond donors (Lipinski definition) is 2. The molecule has 1 aromatic rings. The van der Waals surface area contributed by atoms with Gasteiger partial charge in [0.25, 0.3) is 0 Å². The molecule has 0 aliphatic heterocycles. The van der Waals surface area contributed by atoms with Crippen molar-refractivity contribution in [3.05, 3.63) is 12.1 Å². The highest BCUT2D eigenvalue weighted by Gasteiger charge is 2.14. The summed E-state index contributed by atoms with van der Waals surface area (Å²) < 4.78 is 20.8. The van der Waals surface area contributed by atoms with Crippen molar-refractivity contribution in [2.24, 2.45) is 0 Å². The third kappa shape index (κ3) is 3.41. The van der Waals surface area contributed by atoms with Crippen molar-refractivity contribution in [2.75, 3.05) is 34.5 Å². The molecule has 1 aromatic carbocycles. The smallest absolute Gasteiger partial charge is 0.203 e. The fourth-order valence-electron chi connectivity index (χ4n) is 1.39. The van der Waals surface area contributed by atoms with Gasteiger partial charge in [0, 0.05) is 12.1 Å². The number of rotatable bonds is 7. The molecule has 0 aliphatic carbocycles. The zero-order chi connectivity index (χ0) is 13.5. The summed E-state index contributed by atoms with van der Waals surface area (Å²) in [4.78, 5) is 0. The standard InChI is InChI=1S/C12H18O6/c1-15-10-4-9(18-7-8(14)6-13)5-11(16-2)12(10)17-3/h4-5,8,13-14H,6-7H2,1-3H3. The van der Waals surface area contributed by atoms with Crippen LogP contribution in [0.15, 0.2) is 12.1 Å². The van der Waals surface area contributed by atoms with Crippen molar-refractivity contribution < 1.29 is 29.2 Å². The van der Waals surface area contributed by atoms with Crippen LogP contribution in [0.1, 0.15) is 0 Å². The highest BCUT2D eigenvalue weighted by Crippen LogP contribution is 2.40. The predicted octanol–water partition coefficient (Wildman–Crippen LogP) is 0.444. The summed E-state index contributed by atoms with van der Waals surface area (Å²) in [6, 6.07) is 3.23. The van der Waals surface area contributed by atoms with Gasteiger partial charge >= 0.3 is 0 Å². The first-order chi connectivity index (χ1) is 8.65. The van der Waals surface area contributed by atoms with Gasteiger partial charge in [0.05, 0.1) is 27.9 Å². The van der Waals surface area contributed by atoms with Crippen LogP contribution in [0.4, 0.5) is 0 Å². The van der Waals surface area contributed by atoms with Crippen LogP contribution in [0.5, 0.6) is 23.0 Å². The van der Waals surface area contributed by atoms with Gasteiger partial charge in [0.2, 0.25) is 5.75 Å². The molecule has 0 fully saturated rings. The van der Waals surface area contributed by atoms with E-state index in [0.29, 0.717) is 23.0 Å². The molecule has 0 aromatic heterocycles. The second-order valence-corrected chi connectivity index (χ2v) is 3.51. The van der Waals surface area contributed by atoms with Gasteiger partial charge < -0.3 is 29.2 Å². The Morgan fingerprint density at radius 3 is 2.00 bits per heavy atom. The molecule has 18 heavy (non-hydrogen) atoms. The zero-order valence-corrected chi connectivity index (χ0v) is 10.7. The van der Waals surface area contributed by atoms with E-state index in [2.05, 4.69) is 0 Å². The van der Waals surface area contributed by atoms with Crippen molar-refractivity contribution in [1.29, 1.82) is 0 Å². The summed E-state index contributed by atoms with van der Waals surface area (Å²) in [6.45, 7) is -0.375.